The SMILES string of the molecule is C=C[C@H]1CCCN(CCN)[C@@H]1C. The molecule has 0 amide bonds. The first-order chi connectivity index (χ1) is 5.79. The second-order valence-electron chi connectivity index (χ2n) is 3.61. The zero-order valence-electron chi connectivity index (χ0n) is 8.00. The van der Waals surface area contributed by atoms with Crippen molar-refractivity contribution in [3.63, 3.8) is 0 Å². The predicted molar refractivity (Wildman–Crippen MR) is 53.0 cm³/mol. The molecule has 1 saturated heterocycles. The van der Waals surface area contributed by atoms with Gasteiger partial charge in [0.05, 0.1) is 0 Å². The quantitative estimate of drug-likeness (QED) is 0.642. The average molecular weight is 168 g/mol. The van der Waals surface area contributed by atoms with Gasteiger partial charge >= 0.3 is 0 Å². The Morgan fingerprint density at radius 2 is 2.42 bits per heavy atom. The Hall–Kier alpha value is -0.340. The van der Waals surface area contributed by atoms with Crippen LogP contribution in [0.1, 0.15) is 19.8 Å². The summed E-state index contributed by atoms with van der Waals surface area (Å²) < 4.78 is 0. The van der Waals surface area contributed by atoms with Crippen LogP contribution in [0.15, 0.2) is 12.7 Å². The Balaban J connectivity index is 2.46. The summed E-state index contributed by atoms with van der Waals surface area (Å²) in [5.74, 6) is 0.672. The van der Waals surface area contributed by atoms with Crippen molar-refractivity contribution in [2.75, 3.05) is 19.6 Å². The molecule has 0 unspecified atom stereocenters. The molecule has 0 radical (unpaired) electrons. The van der Waals surface area contributed by atoms with Gasteiger partial charge < -0.3 is 5.73 Å². The molecule has 2 nitrogen and oxygen atoms in total. The molecular weight excluding hydrogens is 148 g/mol. The molecule has 0 aromatic carbocycles. The summed E-state index contributed by atoms with van der Waals surface area (Å²) >= 11 is 0. The normalized spacial score (nSPS) is 31.8. The predicted octanol–water partition coefficient (Wildman–Crippen LogP) is 1.23. The maximum atomic E-state index is 5.54. The van der Waals surface area contributed by atoms with Gasteiger partial charge in [-0.1, -0.05) is 6.08 Å². The molecule has 0 saturated carbocycles. The van der Waals surface area contributed by atoms with Gasteiger partial charge in [-0.2, -0.15) is 0 Å². The minimum absolute atomic E-state index is 0.639. The van der Waals surface area contributed by atoms with E-state index in [9.17, 15) is 0 Å². The molecule has 0 bridgehead atoms. The molecule has 1 rings (SSSR count). The molecule has 1 heterocycles. The first-order valence-electron chi connectivity index (χ1n) is 4.86. The molecule has 70 valence electrons. The second-order valence-corrected chi connectivity index (χ2v) is 3.61. The van der Waals surface area contributed by atoms with Gasteiger partial charge in [-0.15, -0.1) is 6.58 Å². The van der Waals surface area contributed by atoms with Gasteiger partial charge in [-0.25, -0.2) is 0 Å². The molecule has 1 fully saturated rings. The van der Waals surface area contributed by atoms with Gasteiger partial charge in [0.1, 0.15) is 0 Å². The van der Waals surface area contributed by atoms with Crippen molar-refractivity contribution in [1.82, 2.24) is 4.90 Å². The lowest BCUT2D eigenvalue weighted by atomic mass is 9.90. The van der Waals surface area contributed by atoms with Crippen LogP contribution in [0.25, 0.3) is 0 Å². The molecule has 0 aliphatic carbocycles. The number of hydrogen-bond donors (Lipinski definition) is 1. The van der Waals surface area contributed by atoms with Gasteiger partial charge in [0.2, 0.25) is 0 Å². The van der Waals surface area contributed by atoms with Crippen molar-refractivity contribution >= 4 is 0 Å². The van der Waals surface area contributed by atoms with Crippen LogP contribution in [0.4, 0.5) is 0 Å². The minimum Gasteiger partial charge on any atom is -0.329 e. The van der Waals surface area contributed by atoms with Gasteiger partial charge in [0.15, 0.2) is 0 Å². The van der Waals surface area contributed by atoms with Crippen molar-refractivity contribution in [2.45, 2.75) is 25.8 Å². The molecule has 1 aliphatic heterocycles. The summed E-state index contributed by atoms with van der Waals surface area (Å²) in [6, 6.07) is 0.639. The molecule has 12 heavy (non-hydrogen) atoms. The van der Waals surface area contributed by atoms with Crippen molar-refractivity contribution in [1.29, 1.82) is 0 Å². The number of nitrogens with two attached hydrogens (primary N) is 1. The Morgan fingerprint density at radius 3 is 3.00 bits per heavy atom. The maximum Gasteiger partial charge on any atom is 0.0130 e. The third kappa shape index (κ3) is 2.08. The fraction of sp³-hybridized carbons (Fsp3) is 0.800. The molecule has 2 atom stereocenters. The summed E-state index contributed by atoms with van der Waals surface area (Å²) in [4.78, 5) is 2.47. The third-order valence-electron chi connectivity index (χ3n) is 2.90. The van der Waals surface area contributed by atoms with E-state index < -0.39 is 0 Å². The molecule has 2 N–H and O–H groups in total. The van der Waals surface area contributed by atoms with E-state index >= 15 is 0 Å². The Bertz CT molecular complexity index is 143. The van der Waals surface area contributed by atoms with Gasteiger partial charge in [0.25, 0.3) is 0 Å². The van der Waals surface area contributed by atoms with E-state index in [0.29, 0.717) is 12.0 Å². The van der Waals surface area contributed by atoms with E-state index in [2.05, 4.69) is 24.5 Å². The van der Waals surface area contributed by atoms with Crippen molar-refractivity contribution in [3.05, 3.63) is 12.7 Å². The fourth-order valence-corrected chi connectivity index (χ4v) is 2.04. The first kappa shape index (κ1) is 9.75. The lowest BCUT2D eigenvalue weighted by molar-refractivity contribution is 0.131. The van der Waals surface area contributed by atoms with Crippen LogP contribution >= 0.6 is 0 Å². The van der Waals surface area contributed by atoms with E-state index in [1.54, 1.807) is 0 Å². The van der Waals surface area contributed by atoms with Gasteiger partial charge in [0, 0.05) is 19.1 Å². The highest BCUT2D eigenvalue weighted by molar-refractivity contribution is 4.91. The monoisotopic (exact) mass is 168 g/mol. The largest absolute Gasteiger partial charge is 0.329 e. The van der Waals surface area contributed by atoms with Crippen LogP contribution in [0.3, 0.4) is 0 Å². The standard InChI is InChI=1S/C10H20N2/c1-3-10-5-4-7-12(8-6-11)9(10)2/h3,9-10H,1,4-8,11H2,2H3/t9-,10+/m1/s1. The van der Waals surface area contributed by atoms with Gasteiger partial charge in [-0.3, -0.25) is 4.90 Å². The van der Waals surface area contributed by atoms with Crippen LogP contribution in [-0.4, -0.2) is 30.6 Å². The summed E-state index contributed by atoms with van der Waals surface area (Å²) in [5.41, 5.74) is 5.54. The topological polar surface area (TPSA) is 29.3 Å². The van der Waals surface area contributed by atoms with Crippen LogP contribution < -0.4 is 5.73 Å². The van der Waals surface area contributed by atoms with Crippen molar-refractivity contribution in [2.24, 2.45) is 11.7 Å². The highest BCUT2D eigenvalue weighted by atomic mass is 15.2. The highest BCUT2D eigenvalue weighted by Crippen LogP contribution is 2.23. The van der Waals surface area contributed by atoms with E-state index in [4.69, 9.17) is 5.73 Å². The average Bonchev–Trinajstić information content (AvgIpc) is 2.09. The van der Waals surface area contributed by atoms with E-state index in [1.807, 2.05) is 0 Å². The smallest absolute Gasteiger partial charge is 0.0130 e. The number of nitrogens with zero attached hydrogens (tertiary/aromatic N) is 1. The zero-order valence-corrected chi connectivity index (χ0v) is 8.00. The number of likely N-dealkylation sites (tertiary alicyclic amines) is 1. The van der Waals surface area contributed by atoms with Gasteiger partial charge in [-0.05, 0) is 32.2 Å². The molecular formula is C10H20N2. The summed E-state index contributed by atoms with van der Waals surface area (Å²) in [7, 11) is 0. The summed E-state index contributed by atoms with van der Waals surface area (Å²) in [5, 5.41) is 0. The fourth-order valence-electron chi connectivity index (χ4n) is 2.04. The summed E-state index contributed by atoms with van der Waals surface area (Å²) in [6.45, 7) is 9.17. The van der Waals surface area contributed by atoms with Crippen LogP contribution in [0.5, 0.6) is 0 Å². The zero-order chi connectivity index (χ0) is 8.97. The summed E-state index contributed by atoms with van der Waals surface area (Å²) in [6.07, 6.45) is 4.68. The Kier molecular flexibility index (Phi) is 3.76. The number of piperidine rings is 1. The Labute approximate surface area is 75.4 Å². The third-order valence-corrected chi connectivity index (χ3v) is 2.90. The van der Waals surface area contributed by atoms with Crippen molar-refractivity contribution in [3.8, 4) is 0 Å². The van der Waals surface area contributed by atoms with E-state index in [-0.39, 0.29) is 0 Å². The molecule has 0 aromatic rings. The van der Waals surface area contributed by atoms with E-state index in [1.165, 1.54) is 19.4 Å². The Morgan fingerprint density at radius 1 is 1.67 bits per heavy atom. The lowest BCUT2D eigenvalue weighted by Crippen LogP contribution is -2.44. The minimum atomic E-state index is 0.639. The van der Waals surface area contributed by atoms with Crippen LogP contribution in [0.2, 0.25) is 0 Å². The lowest BCUT2D eigenvalue weighted by Gasteiger charge is -2.37. The van der Waals surface area contributed by atoms with E-state index in [0.717, 1.165) is 13.1 Å². The molecule has 0 spiro atoms. The molecule has 1 aliphatic rings. The van der Waals surface area contributed by atoms with Crippen LogP contribution in [-0.2, 0) is 0 Å². The second kappa shape index (κ2) is 4.63. The molecule has 2 heteroatoms. The molecule has 0 aromatic heterocycles. The van der Waals surface area contributed by atoms with Crippen molar-refractivity contribution < 1.29 is 0 Å². The highest BCUT2D eigenvalue weighted by Gasteiger charge is 2.24. The van der Waals surface area contributed by atoms with Crippen LogP contribution in [0, 0.1) is 5.92 Å². The first-order valence-corrected chi connectivity index (χ1v) is 4.86. The maximum absolute atomic E-state index is 5.54. The number of hydrogen-bond acceptors (Lipinski definition) is 2. The number of rotatable bonds is 3.